The number of hydrogen-bond donors (Lipinski definition) is 0. The van der Waals surface area contributed by atoms with Crippen LogP contribution >= 0.6 is 0 Å². The number of ether oxygens (including phenoxy) is 2. The van der Waals surface area contributed by atoms with Crippen molar-refractivity contribution in [2.45, 2.75) is 24.5 Å². The van der Waals surface area contributed by atoms with E-state index in [0.29, 0.717) is 31.9 Å². The van der Waals surface area contributed by atoms with Gasteiger partial charge in [-0.15, -0.1) is 0 Å². The maximum atomic E-state index is 12.6. The lowest BCUT2D eigenvalue weighted by molar-refractivity contribution is -0.0878. The third kappa shape index (κ3) is 3.34. The van der Waals surface area contributed by atoms with Gasteiger partial charge in [0.1, 0.15) is 11.9 Å². The van der Waals surface area contributed by atoms with E-state index in [4.69, 9.17) is 13.9 Å². The SMILES string of the molecule is CN(C)C[C@H]1CC[C@@]2(COCCN(C(=O)c3ccoc3)C2)O1. The highest BCUT2D eigenvalue weighted by Gasteiger charge is 2.44. The maximum absolute atomic E-state index is 12.6. The van der Waals surface area contributed by atoms with E-state index in [0.717, 1.165) is 19.4 Å². The molecule has 6 nitrogen and oxygen atoms in total. The van der Waals surface area contributed by atoms with Crippen LogP contribution in [0, 0.1) is 0 Å². The van der Waals surface area contributed by atoms with Crippen molar-refractivity contribution in [3.8, 4) is 0 Å². The first-order valence-corrected chi connectivity index (χ1v) is 7.80. The molecule has 2 fully saturated rings. The van der Waals surface area contributed by atoms with Gasteiger partial charge in [-0.2, -0.15) is 0 Å². The zero-order valence-corrected chi connectivity index (χ0v) is 13.3. The zero-order valence-electron chi connectivity index (χ0n) is 13.3. The molecule has 3 heterocycles. The summed E-state index contributed by atoms with van der Waals surface area (Å²) in [6, 6.07) is 1.70. The molecule has 0 radical (unpaired) electrons. The summed E-state index contributed by atoms with van der Waals surface area (Å²) < 4.78 is 17.0. The molecular formula is C16H24N2O4. The molecule has 2 saturated heterocycles. The second-order valence-corrected chi connectivity index (χ2v) is 6.52. The largest absolute Gasteiger partial charge is 0.472 e. The van der Waals surface area contributed by atoms with Gasteiger partial charge in [0, 0.05) is 13.1 Å². The van der Waals surface area contributed by atoms with Crippen LogP contribution in [0.3, 0.4) is 0 Å². The average molecular weight is 308 g/mol. The Hall–Kier alpha value is -1.37. The molecule has 0 bridgehead atoms. The fourth-order valence-electron chi connectivity index (χ4n) is 3.30. The van der Waals surface area contributed by atoms with E-state index in [2.05, 4.69) is 4.90 Å². The van der Waals surface area contributed by atoms with Crippen LogP contribution in [0.25, 0.3) is 0 Å². The molecule has 0 saturated carbocycles. The first kappa shape index (κ1) is 15.5. The quantitative estimate of drug-likeness (QED) is 0.841. The Balaban J connectivity index is 1.69. The molecule has 1 aromatic heterocycles. The Bertz CT molecular complexity index is 502. The van der Waals surface area contributed by atoms with Crippen LogP contribution < -0.4 is 0 Å². The van der Waals surface area contributed by atoms with E-state index >= 15 is 0 Å². The second-order valence-electron chi connectivity index (χ2n) is 6.52. The first-order valence-electron chi connectivity index (χ1n) is 7.80. The molecule has 122 valence electrons. The van der Waals surface area contributed by atoms with Gasteiger partial charge in [-0.05, 0) is 33.0 Å². The minimum absolute atomic E-state index is 0.0155. The summed E-state index contributed by atoms with van der Waals surface area (Å²) in [6.45, 7) is 3.19. The van der Waals surface area contributed by atoms with Crippen LogP contribution in [0.1, 0.15) is 23.2 Å². The monoisotopic (exact) mass is 308 g/mol. The maximum Gasteiger partial charge on any atom is 0.257 e. The molecule has 0 aliphatic carbocycles. The standard InChI is InChI=1S/C16H24N2O4/c1-17(2)9-14-3-5-16(22-14)11-18(6-8-21-12-16)15(19)13-4-7-20-10-13/h4,7,10,14H,3,5-6,8-9,11-12H2,1-2H3/t14-,16-/m1/s1. The van der Waals surface area contributed by atoms with E-state index < -0.39 is 0 Å². The van der Waals surface area contributed by atoms with Gasteiger partial charge in [-0.25, -0.2) is 0 Å². The van der Waals surface area contributed by atoms with Crippen LogP contribution in [-0.4, -0.2) is 74.4 Å². The molecule has 2 aliphatic heterocycles. The van der Waals surface area contributed by atoms with Gasteiger partial charge in [0.2, 0.25) is 0 Å². The van der Waals surface area contributed by atoms with Gasteiger partial charge in [0.25, 0.3) is 5.91 Å². The molecule has 1 spiro atoms. The Kier molecular flexibility index (Phi) is 4.52. The smallest absolute Gasteiger partial charge is 0.257 e. The number of furan rings is 1. The van der Waals surface area contributed by atoms with Gasteiger partial charge in [-0.1, -0.05) is 0 Å². The number of carbonyl (C=O) groups excluding carboxylic acids is 1. The molecule has 6 heteroatoms. The molecule has 0 unspecified atom stereocenters. The summed E-state index contributed by atoms with van der Waals surface area (Å²) in [5.74, 6) is -0.0155. The summed E-state index contributed by atoms with van der Waals surface area (Å²) in [5, 5.41) is 0. The minimum Gasteiger partial charge on any atom is -0.472 e. The van der Waals surface area contributed by atoms with Crippen LogP contribution in [0.5, 0.6) is 0 Å². The van der Waals surface area contributed by atoms with Gasteiger partial charge in [0.15, 0.2) is 0 Å². The summed E-state index contributed by atoms with van der Waals surface area (Å²) in [6.07, 6.45) is 5.17. The number of nitrogens with zero attached hydrogens (tertiary/aromatic N) is 2. The number of likely N-dealkylation sites (N-methyl/N-ethyl adjacent to an activating group) is 1. The molecule has 1 amide bonds. The molecule has 2 aliphatic rings. The Morgan fingerprint density at radius 3 is 3.09 bits per heavy atom. The number of rotatable bonds is 3. The van der Waals surface area contributed by atoms with Crippen LogP contribution in [0.15, 0.2) is 23.0 Å². The molecular weight excluding hydrogens is 284 g/mol. The van der Waals surface area contributed by atoms with E-state index in [9.17, 15) is 4.79 Å². The van der Waals surface area contributed by atoms with Gasteiger partial charge < -0.3 is 23.7 Å². The fourth-order valence-corrected chi connectivity index (χ4v) is 3.30. The average Bonchev–Trinajstić information content (AvgIpc) is 3.07. The third-order valence-corrected chi connectivity index (χ3v) is 4.31. The van der Waals surface area contributed by atoms with Crippen LogP contribution in [0.2, 0.25) is 0 Å². The molecule has 0 N–H and O–H groups in total. The van der Waals surface area contributed by atoms with E-state index in [1.807, 2.05) is 19.0 Å². The molecule has 22 heavy (non-hydrogen) atoms. The topological polar surface area (TPSA) is 55.2 Å². The predicted molar refractivity (Wildman–Crippen MR) is 80.8 cm³/mol. The van der Waals surface area contributed by atoms with Gasteiger partial charge in [0.05, 0.1) is 37.7 Å². The highest BCUT2D eigenvalue weighted by Crippen LogP contribution is 2.33. The molecule has 1 aromatic rings. The van der Waals surface area contributed by atoms with Gasteiger partial charge in [-0.3, -0.25) is 4.79 Å². The van der Waals surface area contributed by atoms with Crippen molar-refractivity contribution in [3.05, 3.63) is 24.2 Å². The van der Waals surface area contributed by atoms with Crippen LogP contribution in [-0.2, 0) is 9.47 Å². The Morgan fingerprint density at radius 1 is 1.50 bits per heavy atom. The van der Waals surface area contributed by atoms with Crippen molar-refractivity contribution >= 4 is 5.91 Å². The summed E-state index contributed by atoms with van der Waals surface area (Å²) >= 11 is 0. The molecule has 3 rings (SSSR count). The predicted octanol–water partition coefficient (Wildman–Crippen LogP) is 1.23. The van der Waals surface area contributed by atoms with Crippen molar-refractivity contribution in [3.63, 3.8) is 0 Å². The van der Waals surface area contributed by atoms with Crippen molar-refractivity contribution in [1.82, 2.24) is 9.80 Å². The van der Waals surface area contributed by atoms with Crippen molar-refractivity contribution in [1.29, 1.82) is 0 Å². The number of carbonyl (C=O) groups is 1. The zero-order chi connectivity index (χ0) is 15.6. The van der Waals surface area contributed by atoms with E-state index in [-0.39, 0.29) is 17.6 Å². The van der Waals surface area contributed by atoms with Crippen LogP contribution in [0.4, 0.5) is 0 Å². The molecule has 0 aromatic carbocycles. The number of hydrogen-bond acceptors (Lipinski definition) is 5. The normalized spacial score (nSPS) is 29.2. The lowest BCUT2D eigenvalue weighted by atomic mass is 10.00. The third-order valence-electron chi connectivity index (χ3n) is 4.31. The Morgan fingerprint density at radius 2 is 2.36 bits per heavy atom. The van der Waals surface area contributed by atoms with Gasteiger partial charge >= 0.3 is 0 Å². The lowest BCUT2D eigenvalue weighted by Gasteiger charge is -2.32. The highest BCUT2D eigenvalue weighted by molar-refractivity contribution is 5.93. The number of amides is 1. The van der Waals surface area contributed by atoms with Crippen molar-refractivity contribution < 1.29 is 18.7 Å². The minimum atomic E-state index is -0.365. The fraction of sp³-hybridized carbons (Fsp3) is 0.688. The highest BCUT2D eigenvalue weighted by atomic mass is 16.6. The summed E-state index contributed by atoms with van der Waals surface area (Å²) in [4.78, 5) is 16.5. The summed E-state index contributed by atoms with van der Waals surface area (Å²) in [5.41, 5.74) is 0.219. The van der Waals surface area contributed by atoms with E-state index in [1.54, 1.807) is 6.07 Å². The van der Waals surface area contributed by atoms with Crippen molar-refractivity contribution in [2.24, 2.45) is 0 Å². The first-order chi connectivity index (χ1) is 10.6. The molecule has 2 atom stereocenters. The van der Waals surface area contributed by atoms with E-state index in [1.165, 1.54) is 12.5 Å². The summed E-state index contributed by atoms with van der Waals surface area (Å²) in [7, 11) is 4.10. The lowest BCUT2D eigenvalue weighted by Crippen LogP contribution is -2.47. The second kappa shape index (κ2) is 6.40. The Labute approximate surface area is 131 Å². The van der Waals surface area contributed by atoms with Crippen molar-refractivity contribution in [2.75, 3.05) is 46.9 Å².